The van der Waals surface area contributed by atoms with Crippen LogP contribution in [-0.2, 0) is 11.3 Å². The summed E-state index contributed by atoms with van der Waals surface area (Å²) in [4.78, 5) is 16.5. The number of aliphatic hydroxyl groups is 2. The van der Waals surface area contributed by atoms with Crippen LogP contribution in [0.3, 0.4) is 0 Å². The Morgan fingerprint density at radius 2 is 2.22 bits per heavy atom. The summed E-state index contributed by atoms with van der Waals surface area (Å²) in [7, 11) is 0. The van der Waals surface area contributed by atoms with Crippen molar-refractivity contribution < 1.29 is 14.9 Å². The van der Waals surface area contributed by atoms with E-state index in [1.54, 1.807) is 0 Å². The lowest BCUT2D eigenvalue weighted by Gasteiger charge is -2.19. The molecule has 2 aromatic rings. The summed E-state index contributed by atoms with van der Waals surface area (Å²) in [6.45, 7) is 2.96. The van der Waals surface area contributed by atoms with Crippen molar-refractivity contribution >= 4 is 17.0 Å². The van der Waals surface area contributed by atoms with Gasteiger partial charge in [-0.1, -0.05) is 18.6 Å². The minimum atomic E-state index is -1.19. The van der Waals surface area contributed by atoms with Crippen LogP contribution in [-0.4, -0.2) is 59.6 Å². The van der Waals surface area contributed by atoms with Crippen LogP contribution in [0.15, 0.2) is 4.79 Å². The van der Waals surface area contributed by atoms with Crippen molar-refractivity contribution in [3.8, 4) is 0 Å². The molecular weight excluding hydrogens is 304 g/mol. The van der Waals surface area contributed by atoms with E-state index in [4.69, 9.17) is 4.74 Å². The number of anilines is 1. The summed E-state index contributed by atoms with van der Waals surface area (Å²) in [5, 5.41) is 31.4. The van der Waals surface area contributed by atoms with Crippen LogP contribution in [0.2, 0.25) is 0 Å². The van der Waals surface area contributed by atoms with Gasteiger partial charge in [0.1, 0.15) is 18.3 Å². The molecule has 0 saturated carbocycles. The highest BCUT2D eigenvalue weighted by molar-refractivity contribution is 5.82. The van der Waals surface area contributed by atoms with Crippen LogP contribution in [0.4, 0.5) is 5.82 Å². The minimum Gasteiger partial charge on any atom is -0.387 e. The van der Waals surface area contributed by atoms with Crippen LogP contribution >= 0.6 is 0 Å². The highest BCUT2D eigenvalue weighted by Crippen LogP contribution is 2.34. The summed E-state index contributed by atoms with van der Waals surface area (Å²) in [6.07, 6.45) is -1.94. The third-order valence-corrected chi connectivity index (χ3v) is 4.34. The van der Waals surface area contributed by atoms with E-state index in [1.807, 2.05) is 0 Å². The van der Waals surface area contributed by atoms with E-state index in [-0.39, 0.29) is 6.54 Å². The molecular formula is C13H18N6O4. The Bertz CT molecular complexity index is 802. The van der Waals surface area contributed by atoms with Crippen LogP contribution in [0.1, 0.15) is 26.0 Å². The van der Waals surface area contributed by atoms with E-state index >= 15 is 0 Å². The van der Waals surface area contributed by atoms with Crippen molar-refractivity contribution in [3.05, 3.63) is 10.5 Å². The number of hydrogen-bond acceptors (Lipinski definition) is 8. The average molecular weight is 322 g/mol. The maximum Gasteiger partial charge on any atom is 0.353 e. The Hall–Kier alpha value is -2.04. The first-order chi connectivity index (χ1) is 11.1. The summed E-state index contributed by atoms with van der Waals surface area (Å²) < 4.78 is 8.35. The summed E-state index contributed by atoms with van der Waals surface area (Å²) in [5.74, 6) is 0.383. The highest BCUT2D eigenvalue weighted by Gasteiger charge is 2.47. The van der Waals surface area contributed by atoms with Gasteiger partial charge in [0.2, 0.25) is 0 Å². The molecule has 3 N–H and O–H groups in total. The van der Waals surface area contributed by atoms with E-state index in [1.165, 1.54) is 9.25 Å². The molecule has 2 aliphatic rings. The number of fused-ring (bicyclic) bond motifs is 3. The molecule has 2 aromatic heterocycles. The molecule has 2 aliphatic heterocycles. The van der Waals surface area contributed by atoms with Crippen LogP contribution in [0.25, 0.3) is 11.2 Å². The van der Waals surface area contributed by atoms with Gasteiger partial charge < -0.3 is 20.3 Å². The number of nitrogens with one attached hydrogen (secondary N) is 1. The molecule has 124 valence electrons. The van der Waals surface area contributed by atoms with Crippen molar-refractivity contribution in [2.45, 2.75) is 50.8 Å². The zero-order valence-electron chi connectivity index (χ0n) is 12.6. The molecule has 1 saturated heterocycles. The number of unbranched alkanes of at least 4 members (excludes halogenated alkanes) is 1. The number of rotatable bonds is 4. The lowest BCUT2D eigenvalue weighted by Crippen LogP contribution is -2.39. The molecule has 10 nitrogen and oxygen atoms in total. The Labute approximate surface area is 130 Å². The molecule has 23 heavy (non-hydrogen) atoms. The fraction of sp³-hybridized carbons (Fsp3) is 0.692. The maximum atomic E-state index is 12.5. The third-order valence-electron chi connectivity index (χ3n) is 4.34. The number of aromatic nitrogens is 5. The minimum absolute atomic E-state index is 0.211. The standard InChI is InChI=1S/C13H18N6O4/c1-2-3-4-14-10-7-11-18(17-16-7)5-6-8(20)9(21)12(23-6)19(11)13(22)15-10/h6,8-9,12,20-21H,2-5H2,1H3,(H,14,15,22)/t6-,8-,9-,12-/m1/s1. The molecule has 0 aromatic carbocycles. The van der Waals surface area contributed by atoms with Crippen molar-refractivity contribution in [3.63, 3.8) is 0 Å². The molecule has 4 rings (SSSR count). The Balaban J connectivity index is 1.87. The summed E-state index contributed by atoms with van der Waals surface area (Å²) in [6, 6.07) is 0. The van der Waals surface area contributed by atoms with E-state index in [9.17, 15) is 15.0 Å². The van der Waals surface area contributed by atoms with Gasteiger partial charge in [-0.15, -0.1) is 5.10 Å². The second-order valence-corrected chi connectivity index (χ2v) is 5.88. The van der Waals surface area contributed by atoms with Crippen molar-refractivity contribution in [2.24, 2.45) is 0 Å². The molecule has 0 aliphatic carbocycles. The molecule has 0 amide bonds. The van der Waals surface area contributed by atoms with Gasteiger partial charge in [0.05, 0.1) is 6.54 Å². The van der Waals surface area contributed by atoms with Gasteiger partial charge >= 0.3 is 5.69 Å². The molecule has 4 atom stereocenters. The topological polar surface area (TPSA) is 127 Å². The monoisotopic (exact) mass is 322 g/mol. The largest absolute Gasteiger partial charge is 0.387 e. The van der Waals surface area contributed by atoms with Gasteiger partial charge in [0.15, 0.2) is 23.2 Å². The average Bonchev–Trinajstić information content (AvgIpc) is 2.99. The predicted octanol–water partition coefficient (Wildman–Crippen LogP) is -1.17. The molecule has 0 radical (unpaired) electrons. The predicted molar refractivity (Wildman–Crippen MR) is 78.9 cm³/mol. The molecule has 1 fully saturated rings. The fourth-order valence-corrected chi connectivity index (χ4v) is 3.12. The second-order valence-electron chi connectivity index (χ2n) is 5.88. The first-order valence-corrected chi connectivity index (χ1v) is 7.73. The zero-order chi connectivity index (χ0) is 16.1. The Kier molecular flexibility index (Phi) is 3.32. The SMILES string of the molecule is CCCCNc1nc(=O)n2c3c1nnn3C[C@H]1O[C@@H]2[C@H](O)[C@@H]1O. The lowest BCUT2D eigenvalue weighted by molar-refractivity contribution is -0.0357. The number of hydrogen-bond donors (Lipinski definition) is 3. The van der Waals surface area contributed by atoms with E-state index in [0.29, 0.717) is 23.5 Å². The molecule has 0 unspecified atom stereocenters. The van der Waals surface area contributed by atoms with Gasteiger partial charge in [-0.3, -0.25) is 0 Å². The normalized spacial score (nSPS) is 29.0. The van der Waals surface area contributed by atoms with Crippen molar-refractivity contribution in [1.29, 1.82) is 0 Å². The highest BCUT2D eigenvalue weighted by atomic mass is 16.6. The van der Waals surface area contributed by atoms with E-state index < -0.39 is 30.2 Å². The quantitative estimate of drug-likeness (QED) is 0.601. The van der Waals surface area contributed by atoms with E-state index in [2.05, 4.69) is 27.5 Å². The van der Waals surface area contributed by atoms with Crippen molar-refractivity contribution in [1.82, 2.24) is 24.5 Å². The van der Waals surface area contributed by atoms with Crippen LogP contribution in [0.5, 0.6) is 0 Å². The lowest BCUT2D eigenvalue weighted by atomic mass is 10.1. The third kappa shape index (κ3) is 2.06. The van der Waals surface area contributed by atoms with Crippen LogP contribution < -0.4 is 11.0 Å². The summed E-state index contributed by atoms with van der Waals surface area (Å²) in [5.41, 5.74) is 0.333. The van der Waals surface area contributed by atoms with Gasteiger partial charge in [0.25, 0.3) is 0 Å². The zero-order valence-corrected chi connectivity index (χ0v) is 12.6. The second kappa shape index (κ2) is 5.25. The number of ether oxygens (including phenoxy) is 1. The van der Waals surface area contributed by atoms with Crippen LogP contribution in [0, 0.1) is 0 Å². The molecule has 2 bridgehead atoms. The molecule has 0 spiro atoms. The summed E-state index contributed by atoms with van der Waals surface area (Å²) >= 11 is 0. The number of aliphatic hydroxyl groups excluding tert-OH is 2. The first-order valence-electron chi connectivity index (χ1n) is 7.73. The van der Waals surface area contributed by atoms with Gasteiger partial charge in [-0.25, -0.2) is 14.0 Å². The fourth-order valence-electron chi connectivity index (χ4n) is 3.12. The van der Waals surface area contributed by atoms with E-state index in [0.717, 1.165) is 12.8 Å². The number of nitrogens with zero attached hydrogens (tertiary/aromatic N) is 5. The molecule has 10 heteroatoms. The van der Waals surface area contributed by atoms with Gasteiger partial charge in [-0.05, 0) is 6.42 Å². The first kappa shape index (κ1) is 14.5. The molecule has 4 heterocycles. The smallest absolute Gasteiger partial charge is 0.353 e. The maximum absolute atomic E-state index is 12.5. The Morgan fingerprint density at radius 3 is 3.00 bits per heavy atom. The van der Waals surface area contributed by atoms with Crippen molar-refractivity contribution in [2.75, 3.05) is 11.9 Å². The van der Waals surface area contributed by atoms with Gasteiger partial charge in [0, 0.05) is 6.54 Å². The van der Waals surface area contributed by atoms with Gasteiger partial charge in [-0.2, -0.15) is 4.98 Å². The Morgan fingerprint density at radius 1 is 1.39 bits per heavy atom.